The largest absolute Gasteiger partial charge is 0.491 e. The van der Waals surface area contributed by atoms with Crippen LogP contribution >= 0.6 is 0 Å². The molecule has 0 aromatic heterocycles. The normalized spacial score (nSPS) is 10.2. The lowest BCUT2D eigenvalue weighted by Crippen LogP contribution is -2.20. The van der Waals surface area contributed by atoms with Crippen molar-refractivity contribution in [2.75, 3.05) is 31.7 Å². The highest BCUT2D eigenvalue weighted by Gasteiger charge is 2.07. The van der Waals surface area contributed by atoms with Crippen molar-refractivity contribution >= 4 is 17.3 Å². The lowest BCUT2D eigenvalue weighted by atomic mass is 10.3. The molecule has 0 spiro atoms. The minimum atomic E-state index is -0.501. The van der Waals surface area contributed by atoms with Gasteiger partial charge in [-0.15, -0.1) is 0 Å². The monoisotopic (exact) mass is 360 g/mol. The Labute approximate surface area is 150 Å². The van der Waals surface area contributed by atoms with Crippen molar-refractivity contribution in [2.24, 2.45) is 0 Å². The van der Waals surface area contributed by atoms with E-state index in [0.717, 1.165) is 0 Å². The van der Waals surface area contributed by atoms with Gasteiger partial charge in [-0.2, -0.15) is 0 Å². The molecular formula is C18H20N2O6. The number of non-ortho nitro benzene ring substituents is 1. The van der Waals surface area contributed by atoms with Crippen LogP contribution in [0, 0.1) is 10.1 Å². The van der Waals surface area contributed by atoms with E-state index in [0.29, 0.717) is 37.0 Å². The van der Waals surface area contributed by atoms with Crippen LogP contribution in [0.15, 0.2) is 48.5 Å². The summed E-state index contributed by atoms with van der Waals surface area (Å²) >= 11 is 0. The van der Waals surface area contributed by atoms with Gasteiger partial charge in [0.15, 0.2) is 6.61 Å². The van der Waals surface area contributed by atoms with Crippen LogP contribution in [0.25, 0.3) is 0 Å². The molecule has 0 aliphatic carbocycles. The van der Waals surface area contributed by atoms with E-state index in [1.165, 1.54) is 24.3 Å². The van der Waals surface area contributed by atoms with Crippen LogP contribution in [0.3, 0.4) is 0 Å². The van der Waals surface area contributed by atoms with E-state index in [2.05, 4.69) is 5.32 Å². The van der Waals surface area contributed by atoms with Crippen molar-refractivity contribution in [1.82, 2.24) is 0 Å². The molecule has 8 nitrogen and oxygen atoms in total. The molecule has 0 radical (unpaired) electrons. The fourth-order valence-corrected chi connectivity index (χ4v) is 2.01. The molecule has 0 aliphatic rings. The number of hydrogen-bond donors (Lipinski definition) is 1. The number of amides is 1. The van der Waals surface area contributed by atoms with Gasteiger partial charge in [-0.25, -0.2) is 0 Å². The molecule has 138 valence electrons. The third-order valence-electron chi connectivity index (χ3n) is 3.26. The Morgan fingerprint density at radius 3 is 2.19 bits per heavy atom. The van der Waals surface area contributed by atoms with E-state index in [-0.39, 0.29) is 18.2 Å². The molecule has 0 fully saturated rings. The highest BCUT2D eigenvalue weighted by atomic mass is 16.6. The molecule has 2 aromatic carbocycles. The second-order valence-corrected chi connectivity index (χ2v) is 5.16. The number of nitrogens with zero attached hydrogens (tertiary/aromatic N) is 1. The molecule has 0 bridgehead atoms. The van der Waals surface area contributed by atoms with Crippen LogP contribution in [0.2, 0.25) is 0 Å². The van der Waals surface area contributed by atoms with Crippen LogP contribution in [0.4, 0.5) is 11.4 Å². The smallest absolute Gasteiger partial charge is 0.269 e. The standard InChI is InChI=1S/C18H20N2O6/c1-2-24-11-12-25-16-7-9-17(10-8-16)26-13-18(21)19-14-3-5-15(6-4-14)20(22)23/h3-10H,2,11-13H2,1H3,(H,19,21). The number of carbonyl (C=O) groups is 1. The molecule has 0 saturated heterocycles. The number of anilines is 1. The van der Waals surface area contributed by atoms with Gasteiger partial charge in [-0.05, 0) is 43.3 Å². The van der Waals surface area contributed by atoms with E-state index in [9.17, 15) is 14.9 Å². The van der Waals surface area contributed by atoms with Gasteiger partial charge in [0.1, 0.15) is 18.1 Å². The van der Waals surface area contributed by atoms with E-state index in [4.69, 9.17) is 14.2 Å². The fourth-order valence-electron chi connectivity index (χ4n) is 2.01. The molecule has 0 saturated carbocycles. The van der Waals surface area contributed by atoms with Crippen molar-refractivity contribution in [2.45, 2.75) is 6.92 Å². The zero-order chi connectivity index (χ0) is 18.8. The van der Waals surface area contributed by atoms with Gasteiger partial charge in [0.2, 0.25) is 0 Å². The van der Waals surface area contributed by atoms with Crippen LogP contribution < -0.4 is 14.8 Å². The summed E-state index contributed by atoms with van der Waals surface area (Å²) < 4.78 is 16.1. The maximum atomic E-state index is 11.9. The summed E-state index contributed by atoms with van der Waals surface area (Å²) in [4.78, 5) is 22.0. The van der Waals surface area contributed by atoms with Gasteiger partial charge in [0.25, 0.3) is 11.6 Å². The first kappa shape index (κ1) is 19.2. The first-order valence-corrected chi connectivity index (χ1v) is 8.06. The molecule has 0 aliphatic heterocycles. The third-order valence-corrected chi connectivity index (χ3v) is 3.26. The molecular weight excluding hydrogens is 340 g/mol. The molecule has 2 rings (SSSR count). The Kier molecular flexibility index (Phi) is 7.38. The molecule has 0 unspecified atom stereocenters. The minimum absolute atomic E-state index is 0.0391. The minimum Gasteiger partial charge on any atom is -0.491 e. The Morgan fingerprint density at radius 2 is 1.62 bits per heavy atom. The van der Waals surface area contributed by atoms with Crippen molar-refractivity contribution in [1.29, 1.82) is 0 Å². The van der Waals surface area contributed by atoms with Crippen LogP contribution in [0.1, 0.15) is 6.92 Å². The predicted octanol–water partition coefficient (Wildman–Crippen LogP) is 3.03. The molecule has 0 heterocycles. The quantitative estimate of drug-likeness (QED) is 0.397. The number of benzene rings is 2. The Morgan fingerprint density at radius 1 is 1.00 bits per heavy atom. The Balaban J connectivity index is 1.75. The van der Waals surface area contributed by atoms with E-state index in [1.54, 1.807) is 24.3 Å². The van der Waals surface area contributed by atoms with Gasteiger partial charge >= 0.3 is 0 Å². The van der Waals surface area contributed by atoms with Crippen molar-refractivity contribution in [3.63, 3.8) is 0 Å². The molecule has 1 N–H and O–H groups in total. The average Bonchev–Trinajstić information content (AvgIpc) is 2.65. The lowest BCUT2D eigenvalue weighted by Gasteiger charge is -2.09. The molecule has 8 heteroatoms. The van der Waals surface area contributed by atoms with E-state index >= 15 is 0 Å². The molecule has 2 aromatic rings. The maximum Gasteiger partial charge on any atom is 0.269 e. The molecule has 0 atom stereocenters. The number of rotatable bonds is 10. The van der Waals surface area contributed by atoms with E-state index in [1.807, 2.05) is 6.92 Å². The average molecular weight is 360 g/mol. The molecule has 26 heavy (non-hydrogen) atoms. The Bertz CT molecular complexity index is 715. The third kappa shape index (κ3) is 6.40. The first-order chi connectivity index (χ1) is 12.6. The van der Waals surface area contributed by atoms with Gasteiger partial charge in [0, 0.05) is 24.4 Å². The SMILES string of the molecule is CCOCCOc1ccc(OCC(=O)Nc2ccc([N+](=O)[O-])cc2)cc1. The fraction of sp³-hybridized carbons (Fsp3) is 0.278. The Hall–Kier alpha value is -3.13. The summed E-state index contributed by atoms with van der Waals surface area (Å²) in [5.74, 6) is 0.851. The zero-order valence-corrected chi connectivity index (χ0v) is 14.3. The van der Waals surface area contributed by atoms with Gasteiger partial charge in [0.05, 0.1) is 11.5 Å². The second-order valence-electron chi connectivity index (χ2n) is 5.16. The number of ether oxygens (including phenoxy) is 3. The van der Waals surface area contributed by atoms with Crippen LogP contribution in [-0.2, 0) is 9.53 Å². The van der Waals surface area contributed by atoms with Crippen LogP contribution in [0.5, 0.6) is 11.5 Å². The number of carbonyl (C=O) groups excluding carboxylic acids is 1. The van der Waals surface area contributed by atoms with E-state index < -0.39 is 4.92 Å². The van der Waals surface area contributed by atoms with Crippen LogP contribution in [-0.4, -0.2) is 37.3 Å². The topological polar surface area (TPSA) is 99.9 Å². The number of nitrogens with one attached hydrogen (secondary N) is 1. The van der Waals surface area contributed by atoms with Gasteiger partial charge in [-0.3, -0.25) is 14.9 Å². The summed E-state index contributed by atoms with van der Waals surface area (Å²) in [6.07, 6.45) is 0. The molecule has 1 amide bonds. The van der Waals surface area contributed by atoms with Crippen molar-refractivity contribution < 1.29 is 23.9 Å². The number of nitro groups is 1. The zero-order valence-electron chi connectivity index (χ0n) is 14.3. The summed E-state index contributed by atoms with van der Waals surface area (Å²) in [6.45, 7) is 3.38. The number of hydrogen-bond acceptors (Lipinski definition) is 6. The first-order valence-electron chi connectivity index (χ1n) is 8.06. The highest BCUT2D eigenvalue weighted by molar-refractivity contribution is 5.91. The highest BCUT2D eigenvalue weighted by Crippen LogP contribution is 2.18. The maximum absolute atomic E-state index is 11.9. The van der Waals surface area contributed by atoms with Crippen molar-refractivity contribution in [3.05, 3.63) is 58.6 Å². The second kappa shape index (κ2) is 10.00. The summed E-state index contributed by atoms with van der Waals surface area (Å²) in [6, 6.07) is 12.5. The summed E-state index contributed by atoms with van der Waals surface area (Å²) in [5, 5.41) is 13.2. The van der Waals surface area contributed by atoms with Crippen molar-refractivity contribution in [3.8, 4) is 11.5 Å². The number of nitro benzene ring substituents is 1. The van der Waals surface area contributed by atoms with Gasteiger partial charge < -0.3 is 19.5 Å². The summed E-state index contributed by atoms with van der Waals surface area (Å²) in [7, 11) is 0. The lowest BCUT2D eigenvalue weighted by molar-refractivity contribution is -0.384. The summed E-state index contributed by atoms with van der Waals surface area (Å²) in [5.41, 5.74) is 0.421. The predicted molar refractivity (Wildman–Crippen MR) is 95.7 cm³/mol. The van der Waals surface area contributed by atoms with Gasteiger partial charge in [-0.1, -0.05) is 0 Å².